The van der Waals surface area contributed by atoms with Crippen LogP contribution in [0.2, 0.25) is 5.02 Å². The Bertz CT molecular complexity index is 628. The van der Waals surface area contributed by atoms with Crippen LogP contribution in [-0.4, -0.2) is 17.6 Å². The quantitative estimate of drug-likeness (QED) is 0.908. The van der Waals surface area contributed by atoms with Crippen molar-refractivity contribution in [2.24, 2.45) is 0 Å². The number of ether oxygens (including phenoxy) is 1. The summed E-state index contributed by atoms with van der Waals surface area (Å²) in [7, 11) is 0. The molecule has 0 aliphatic heterocycles. The fraction of sp³-hybridized carbons (Fsp3) is 0.133. The van der Waals surface area contributed by atoms with E-state index < -0.39 is 0 Å². The number of carbonyl (C=O) groups is 1. The van der Waals surface area contributed by atoms with Crippen molar-refractivity contribution in [1.82, 2.24) is 0 Å². The van der Waals surface area contributed by atoms with Crippen molar-refractivity contribution in [2.45, 2.75) is 6.92 Å². The predicted octanol–water partition coefficient (Wildman–Crippen LogP) is 3.37. The number of benzene rings is 2. The van der Waals surface area contributed by atoms with Gasteiger partial charge < -0.3 is 15.2 Å². The maximum atomic E-state index is 11.7. The van der Waals surface area contributed by atoms with E-state index in [-0.39, 0.29) is 18.3 Å². The molecule has 0 heterocycles. The highest BCUT2D eigenvalue weighted by atomic mass is 35.5. The monoisotopic (exact) mass is 291 g/mol. The van der Waals surface area contributed by atoms with E-state index in [1.807, 2.05) is 6.92 Å². The third-order valence-electron chi connectivity index (χ3n) is 2.63. The van der Waals surface area contributed by atoms with Gasteiger partial charge in [-0.2, -0.15) is 0 Å². The number of hydrogen-bond acceptors (Lipinski definition) is 3. The molecule has 2 aromatic rings. The van der Waals surface area contributed by atoms with Crippen molar-refractivity contribution in [3.05, 3.63) is 53.1 Å². The Labute approximate surface area is 122 Å². The summed E-state index contributed by atoms with van der Waals surface area (Å²) in [5, 5.41) is 12.6. The smallest absolute Gasteiger partial charge is 0.262 e. The number of aromatic hydroxyl groups is 1. The molecule has 0 aliphatic carbocycles. The third-order valence-corrected chi connectivity index (χ3v) is 3.05. The minimum Gasteiger partial charge on any atom is -0.508 e. The van der Waals surface area contributed by atoms with Gasteiger partial charge in [-0.1, -0.05) is 17.7 Å². The van der Waals surface area contributed by atoms with Crippen LogP contribution in [0, 0.1) is 6.92 Å². The standard InChI is InChI=1S/C15H14ClNO3/c1-10-7-13(5-6-14(10)16)20-9-15(19)17-11-3-2-4-12(18)8-11/h2-8,18H,9H2,1H3,(H,17,19). The molecule has 0 spiro atoms. The second-order valence-corrected chi connectivity index (χ2v) is 4.71. The third kappa shape index (κ3) is 3.90. The summed E-state index contributed by atoms with van der Waals surface area (Å²) in [6.07, 6.45) is 0. The van der Waals surface area contributed by atoms with Gasteiger partial charge in [0.15, 0.2) is 6.61 Å². The van der Waals surface area contributed by atoms with Crippen LogP contribution in [0.25, 0.3) is 0 Å². The molecule has 0 fully saturated rings. The molecule has 2 aromatic carbocycles. The summed E-state index contributed by atoms with van der Waals surface area (Å²) in [6.45, 7) is 1.75. The molecule has 2 rings (SSSR count). The molecular weight excluding hydrogens is 278 g/mol. The first-order chi connectivity index (χ1) is 9.54. The molecule has 4 nitrogen and oxygen atoms in total. The van der Waals surface area contributed by atoms with Crippen LogP contribution < -0.4 is 10.1 Å². The molecule has 1 amide bonds. The molecule has 0 aromatic heterocycles. The fourth-order valence-electron chi connectivity index (χ4n) is 1.64. The Morgan fingerprint density at radius 3 is 2.80 bits per heavy atom. The zero-order valence-electron chi connectivity index (χ0n) is 10.9. The average Bonchev–Trinajstić information content (AvgIpc) is 2.40. The lowest BCUT2D eigenvalue weighted by atomic mass is 10.2. The molecule has 0 aliphatic rings. The van der Waals surface area contributed by atoms with Gasteiger partial charge in [0.1, 0.15) is 11.5 Å². The first-order valence-electron chi connectivity index (χ1n) is 6.02. The Morgan fingerprint density at radius 1 is 1.30 bits per heavy atom. The summed E-state index contributed by atoms with van der Waals surface area (Å²) >= 11 is 5.91. The van der Waals surface area contributed by atoms with Gasteiger partial charge in [-0.15, -0.1) is 0 Å². The topological polar surface area (TPSA) is 58.6 Å². The van der Waals surface area contributed by atoms with Gasteiger partial charge in [0.2, 0.25) is 0 Å². The summed E-state index contributed by atoms with van der Waals surface area (Å²) in [4.78, 5) is 11.7. The molecule has 2 N–H and O–H groups in total. The highest BCUT2D eigenvalue weighted by molar-refractivity contribution is 6.31. The van der Waals surface area contributed by atoms with Gasteiger partial charge >= 0.3 is 0 Å². The SMILES string of the molecule is Cc1cc(OCC(=O)Nc2cccc(O)c2)ccc1Cl. The van der Waals surface area contributed by atoms with Crippen LogP contribution in [0.15, 0.2) is 42.5 Å². The number of carbonyl (C=O) groups excluding carboxylic acids is 1. The number of rotatable bonds is 4. The molecule has 0 bridgehead atoms. The van der Waals surface area contributed by atoms with Gasteiger partial charge in [-0.3, -0.25) is 4.79 Å². The van der Waals surface area contributed by atoms with Crippen LogP contribution in [0.1, 0.15) is 5.56 Å². The predicted molar refractivity (Wildman–Crippen MR) is 78.4 cm³/mol. The van der Waals surface area contributed by atoms with E-state index in [9.17, 15) is 9.90 Å². The molecule has 5 heteroatoms. The number of phenols is 1. The second kappa shape index (κ2) is 6.30. The minimum atomic E-state index is -0.303. The van der Waals surface area contributed by atoms with Crippen LogP contribution in [0.5, 0.6) is 11.5 Å². The lowest BCUT2D eigenvalue weighted by Crippen LogP contribution is -2.20. The zero-order chi connectivity index (χ0) is 14.5. The van der Waals surface area contributed by atoms with Crippen LogP contribution in [0.3, 0.4) is 0 Å². The van der Waals surface area contributed by atoms with E-state index in [4.69, 9.17) is 16.3 Å². The van der Waals surface area contributed by atoms with E-state index in [0.29, 0.717) is 16.5 Å². The molecule has 20 heavy (non-hydrogen) atoms. The zero-order valence-corrected chi connectivity index (χ0v) is 11.6. The number of phenolic OH excluding ortho intramolecular Hbond substituents is 1. The van der Waals surface area contributed by atoms with Crippen molar-refractivity contribution in [1.29, 1.82) is 0 Å². The average molecular weight is 292 g/mol. The molecule has 104 valence electrons. The number of aryl methyl sites for hydroxylation is 1. The maximum Gasteiger partial charge on any atom is 0.262 e. The first kappa shape index (κ1) is 14.2. The van der Waals surface area contributed by atoms with Gasteiger partial charge in [0.25, 0.3) is 5.91 Å². The Balaban J connectivity index is 1.90. The summed E-state index contributed by atoms with van der Waals surface area (Å²) in [6, 6.07) is 11.5. The van der Waals surface area contributed by atoms with E-state index in [2.05, 4.69) is 5.32 Å². The molecule has 0 saturated carbocycles. The molecule has 0 unspecified atom stereocenters. The molecular formula is C15H14ClNO3. The van der Waals surface area contributed by atoms with Gasteiger partial charge in [-0.05, 0) is 42.8 Å². The number of halogens is 1. The van der Waals surface area contributed by atoms with Crippen molar-refractivity contribution in [2.75, 3.05) is 11.9 Å². The van der Waals surface area contributed by atoms with E-state index in [1.165, 1.54) is 12.1 Å². The van der Waals surface area contributed by atoms with Crippen LogP contribution in [-0.2, 0) is 4.79 Å². The first-order valence-corrected chi connectivity index (χ1v) is 6.40. The largest absolute Gasteiger partial charge is 0.508 e. The van der Waals surface area contributed by atoms with Crippen LogP contribution >= 0.6 is 11.6 Å². The summed E-state index contributed by atoms with van der Waals surface area (Å²) in [5.41, 5.74) is 1.41. The lowest BCUT2D eigenvalue weighted by molar-refractivity contribution is -0.118. The van der Waals surface area contributed by atoms with Gasteiger partial charge in [0.05, 0.1) is 0 Å². The Hall–Kier alpha value is -2.20. The number of amides is 1. The number of nitrogens with one attached hydrogen (secondary N) is 1. The van der Waals surface area contributed by atoms with Crippen molar-refractivity contribution < 1.29 is 14.6 Å². The summed E-state index contributed by atoms with van der Waals surface area (Å²) < 4.78 is 5.37. The van der Waals surface area contributed by atoms with Crippen LogP contribution in [0.4, 0.5) is 5.69 Å². The van der Waals surface area contributed by atoms with Gasteiger partial charge in [-0.25, -0.2) is 0 Å². The van der Waals surface area contributed by atoms with Crippen molar-refractivity contribution in [3.8, 4) is 11.5 Å². The second-order valence-electron chi connectivity index (χ2n) is 4.30. The maximum absolute atomic E-state index is 11.7. The highest BCUT2D eigenvalue weighted by Crippen LogP contribution is 2.21. The lowest BCUT2D eigenvalue weighted by Gasteiger charge is -2.08. The van der Waals surface area contributed by atoms with Crippen molar-refractivity contribution >= 4 is 23.2 Å². The molecule has 0 atom stereocenters. The Kier molecular flexibility index (Phi) is 4.48. The fourth-order valence-corrected chi connectivity index (χ4v) is 1.75. The van der Waals surface area contributed by atoms with Crippen molar-refractivity contribution in [3.63, 3.8) is 0 Å². The highest BCUT2D eigenvalue weighted by Gasteiger charge is 2.05. The number of anilines is 1. The normalized spacial score (nSPS) is 10.1. The minimum absolute atomic E-state index is 0.0945. The van der Waals surface area contributed by atoms with E-state index in [1.54, 1.807) is 30.3 Å². The number of hydrogen-bond donors (Lipinski definition) is 2. The van der Waals surface area contributed by atoms with E-state index >= 15 is 0 Å². The molecule has 0 saturated heterocycles. The summed E-state index contributed by atoms with van der Waals surface area (Å²) in [5.74, 6) is 0.373. The molecule has 0 radical (unpaired) electrons. The van der Waals surface area contributed by atoms with E-state index in [0.717, 1.165) is 5.56 Å². The Morgan fingerprint density at radius 2 is 2.10 bits per heavy atom. The van der Waals surface area contributed by atoms with Gasteiger partial charge in [0, 0.05) is 16.8 Å².